The van der Waals surface area contributed by atoms with Crippen LogP contribution in [-0.4, -0.2) is 57.3 Å². The Morgan fingerprint density at radius 2 is 0.759 bits per heavy atom. The number of amides is 1. The molecule has 6 nitrogen and oxygen atoms in total. The van der Waals surface area contributed by atoms with Gasteiger partial charge in [-0.3, -0.25) is 4.79 Å². The van der Waals surface area contributed by atoms with Crippen LogP contribution in [-0.2, 0) is 4.79 Å². The van der Waals surface area contributed by atoms with Gasteiger partial charge in [0.05, 0.1) is 18.8 Å². The Morgan fingerprint density at radius 1 is 0.414 bits per heavy atom. The molecular weight excluding hydrogens is 719 g/mol. The van der Waals surface area contributed by atoms with Crippen LogP contribution in [0.5, 0.6) is 0 Å². The number of nitrogens with one attached hydrogen (secondary N) is 1. The predicted octanol–water partition coefficient (Wildman–Crippen LogP) is 13.9. The summed E-state index contributed by atoms with van der Waals surface area (Å²) in [7, 11) is 0. The van der Waals surface area contributed by atoms with E-state index in [2.05, 4.69) is 67.8 Å². The number of aliphatic hydroxyl groups is 4. The number of unbranched alkanes of at least 4 members (excludes halogenated alkanes) is 28. The van der Waals surface area contributed by atoms with Crippen LogP contribution < -0.4 is 5.32 Å². The van der Waals surface area contributed by atoms with Crippen LogP contribution in [0.4, 0.5) is 0 Å². The van der Waals surface area contributed by atoms with E-state index in [1.165, 1.54) is 154 Å². The first-order chi connectivity index (χ1) is 28.5. The van der Waals surface area contributed by atoms with E-state index in [0.717, 1.165) is 57.8 Å². The van der Waals surface area contributed by atoms with Crippen molar-refractivity contribution in [3.8, 4) is 0 Å². The topological polar surface area (TPSA) is 110 Å². The summed E-state index contributed by atoms with van der Waals surface area (Å²) in [5.41, 5.74) is 0. The summed E-state index contributed by atoms with van der Waals surface area (Å²) in [6.45, 7) is 3.98. The molecule has 4 unspecified atom stereocenters. The van der Waals surface area contributed by atoms with Crippen LogP contribution in [0.15, 0.2) is 48.6 Å². The highest BCUT2D eigenvalue weighted by atomic mass is 16.3. The number of carbonyl (C=O) groups is 1. The van der Waals surface area contributed by atoms with Crippen LogP contribution in [0.25, 0.3) is 0 Å². The molecule has 0 fully saturated rings. The second-order valence-electron chi connectivity index (χ2n) is 17.1. The summed E-state index contributed by atoms with van der Waals surface area (Å²) in [5, 5.41) is 43.7. The highest BCUT2D eigenvalue weighted by Crippen LogP contribution is 2.16. The lowest BCUT2D eigenvalue weighted by molar-refractivity contribution is -0.132. The maximum Gasteiger partial charge on any atom is 0.249 e. The van der Waals surface area contributed by atoms with Gasteiger partial charge in [-0.1, -0.05) is 210 Å². The second-order valence-corrected chi connectivity index (χ2v) is 17.1. The number of allylic oxidation sites excluding steroid dienone is 8. The Hall–Kier alpha value is -1.73. The van der Waals surface area contributed by atoms with E-state index in [-0.39, 0.29) is 0 Å². The summed E-state index contributed by atoms with van der Waals surface area (Å²) in [6, 6.07) is -1.01. The molecule has 0 rings (SSSR count). The minimum atomic E-state index is -1.29. The number of aliphatic hydroxyl groups excluding tert-OH is 4. The molecule has 0 aliphatic carbocycles. The Morgan fingerprint density at radius 3 is 1.16 bits per heavy atom. The van der Waals surface area contributed by atoms with Crippen molar-refractivity contribution in [1.82, 2.24) is 5.32 Å². The largest absolute Gasteiger partial charge is 0.394 e. The first-order valence-corrected chi connectivity index (χ1v) is 25.0. The molecule has 0 bridgehead atoms. The van der Waals surface area contributed by atoms with Gasteiger partial charge in [-0.15, -0.1) is 0 Å². The summed E-state index contributed by atoms with van der Waals surface area (Å²) in [6.07, 6.45) is 57.4. The van der Waals surface area contributed by atoms with Crippen LogP contribution in [0.3, 0.4) is 0 Å². The molecule has 6 heteroatoms. The van der Waals surface area contributed by atoms with Gasteiger partial charge >= 0.3 is 0 Å². The molecule has 0 spiro atoms. The molecule has 4 atom stereocenters. The molecule has 1 amide bonds. The fourth-order valence-electron chi connectivity index (χ4n) is 7.50. The predicted molar refractivity (Wildman–Crippen MR) is 251 cm³/mol. The molecule has 0 saturated carbocycles. The van der Waals surface area contributed by atoms with Gasteiger partial charge in [-0.2, -0.15) is 0 Å². The highest BCUT2D eigenvalue weighted by molar-refractivity contribution is 5.80. The summed E-state index contributed by atoms with van der Waals surface area (Å²) < 4.78 is 0. The standard InChI is InChI=1S/C52H97NO5/c1-3-5-7-9-11-13-15-17-19-20-21-22-23-24-25-26-27-28-29-30-31-32-34-36-38-40-42-44-46-50(56)52(58)53-48(47-54)51(57)49(55)45-43-41-39-37-35-33-18-16-14-12-10-8-6-4-2/h8,10,16,18,24-25,37,39,48-51,54-57H,3-7,9,11-15,17,19-23,26-36,38,40-47H2,1-2H3,(H,53,58)/b10-8+,18-16+,25-24-,39-37+. The second kappa shape index (κ2) is 46.3. The average Bonchev–Trinajstić information content (AvgIpc) is 3.23. The molecule has 340 valence electrons. The SMILES string of the molecule is CCC/C=C/CC/C=C/CC/C=C/CCCC(O)C(O)C(CO)NC(=O)C(O)CCCCCCCCCCCCCC/C=C\CCCCCCCCCCCCCC. The number of hydrogen-bond acceptors (Lipinski definition) is 5. The third-order valence-corrected chi connectivity index (χ3v) is 11.4. The lowest BCUT2D eigenvalue weighted by Gasteiger charge is -2.27. The van der Waals surface area contributed by atoms with Gasteiger partial charge in [0.1, 0.15) is 12.2 Å². The highest BCUT2D eigenvalue weighted by Gasteiger charge is 2.28. The Bertz CT molecular complexity index is 961. The minimum Gasteiger partial charge on any atom is -0.394 e. The van der Waals surface area contributed by atoms with E-state index in [0.29, 0.717) is 19.3 Å². The van der Waals surface area contributed by atoms with E-state index in [1.807, 2.05) is 0 Å². The van der Waals surface area contributed by atoms with Crippen molar-refractivity contribution in [1.29, 1.82) is 0 Å². The summed E-state index contributed by atoms with van der Waals surface area (Å²) in [4.78, 5) is 12.5. The molecule has 0 radical (unpaired) electrons. The van der Waals surface area contributed by atoms with Crippen molar-refractivity contribution < 1.29 is 25.2 Å². The molecule has 0 aromatic carbocycles. The van der Waals surface area contributed by atoms with Gasteiger partial charge in [0, 0.05) is 0 Å². The smallest absolute Gasteiger partial charge is 0.249 e. The van der Waals surface area contributed by atoms with Crippen molar-refractivity contribution >= 4 is 5.91 Å². The van der Waals surface area contributed by atoms with Gasteiger partial charge in [-0.25, -0.2) is 0 Å². The number of rotatable bonds is 45. The van der Waals surface area contributed by atoms with E-state index in [9.17, 15) is 25.2 Å². The van der Waals surface area contributed by atoms with Gasteiger partial charge in [0.2, 0.25) is 5.91 Å². The Kier molecular flexibility index (Phi) is 45.0. The fourth-order valence-corrected chi connectivity index (χ4v) is 7.50. The summed E-state index contributed by atoms with van der Waals surface area (Å²) >= 11 is 0. The molecule has 58 heavy (non-hydrogen) atoms. The first kappa shape index (κ1) is 56.3. The number of carbonyl (C=O) groups excluding carboxylic acids is 1. The van der Waals surface area contributed by atoms with Crippen LogP contribution in [0, 0.1) is 0 Å². The van der Waals surface area contributed by atoms with Gasteiger partial charge in [0.25, 0.3) is 0 Å². The van der Waals surface area contributed by atoms with E-state index in [4.69, 9.17) is 0 Å². The molecular formula is C52H97NO5. The average molecular weight is 816 g/mol. The van der Waals surface area contributed by atoms with Crippen molar-refractivity contribution in [2.45, 2.75) is 269 Å². The maximum absolute atomic E-state index is 12.5. The first-order valence-electron chi connectivity index (χ1n) is 25.0. The zero-order chi connectivity index (χ0) is 42.4. The monoisotopic (exact) mass is 816 g/mol. The third-order valence-electron chi connectivity index (χ3n) is 11.4. The molecule has 0 aromatic rings. The fraction of sp³-hybridized carbons (Fsp3) is 0.827. The van der Waals surface area contributed by atoms with E-state index < -0.39 is 36.9 Å². The van der Waals surface area contributed by atoms with Crippen molar-refractivity contribution in [3.05, 3.63) is 48.6 Å². The quantitative estimate of drug-likeness (QED) is 0.0311. The number of hydrogen-bond donors (Lipinski definition) is 5. The van der Waals surface area contributed by atoms with Crippen molar-refractivity contribution in [2.75, 3.05) is 6.61 Å². The minimum absolute atomic E-state index is 0.358. The molecule has 0 heterocycles. The zero-order valence-corrected chi connectivity index (χ0v) is 38.3. The van der Waals surface area contributed by atoms with Gasteiger partial charge in [-0.05, 0) is 83.5 Å². The van der Waals surface area contributed by atoms with Gasteiger partial charge in [0.15, 0.2) is 0 Å². The lowest BCUT2D eigenvalue weighted by atomic mass is 10.00. The van der Waals surface area contributed by atoms with Crippen molar-refractivity contribution in [3.63, 3.8) is 0 Å². The Labute approximate surface area is 359 Å². The maximum atomic E-state index is 12.5. The van der Waals surface area contributed by atoms with E-state index >= 15 is 0 Å². The molecule has 5 N–H and O–H groups in total. The Balaban J connectivity index is 3.67. The van der Waals surface area contributed by atoms with Crippen LogP contribution in [0.2, 0.25) is 0 Å². The van der Waals surface area contributed by atoms with Crippen LogP contribution in [0.1, 0.15) is 245 Å². The zero-order valence-electron chi connectivity index (χ0n) is 38.3. The van der Waals surface area contributed by atoms with E-state index in [1.54, 1.807) is 0 Å². The normalized spacial score (nSPS) is 14.4. The van der Waals surface area contributed by atoms with Crippen molar-refractivity contribution in [2.24, 2.45) is 0 Å². The third kappa shape index (κ3) is 39.7. The van der Waals surface area contributed by atoms with Crippen LogP contribution >= 0.6 is 0 Å². The lowest BCUT2D eigenvalue weighted by Crippen LogP contribution is -2.53. The van der Waals surface area contributed by atoms with Gasteiger partial charge < -0.3 is 25.7 Å². The molecule has 0 saturated heterocycles. The molecule has 0 aliphatic rings. The molecule has 0 aromatic heterocycles. The molecule has 0 aliphatic heterocycles. The summed E-state index contributed by atoms with van der Waals surface area (Å²) in [5.74, 6) is -0.600.